The molecule has 2 aliphatic carbocycles. The summed E-state index contributed by atoms with van der Waals surface area (Å²) in [6.45, 7) is 2.48. The Morgan fingerprint density at radius 3 is 2.95 bits per heavy atom. The van der Waals surface area contributed by atoms with Crippen LogP contribution in [0.3, 0.4) is 0 Å². The largest absolute Gasteiger partial charge is 0.465 e. The van der Waals surface area contributed by atoms with Crippen LogP contribution in [0.5, 0.6) is 0 Å². The number of benzene rings is 1. The van der Waals surface area contributed by atoms with Crippen molar-refractivity contribution in [2.24, 2.45) is 5.92 Å². The number of carbonyl (C=O) groups is 1. The second-order valence-electron chi connectivity index (χ2n) is 5.76. The quantitative estimate of drug-likeness (QED) is 0.831. The maximum absolute atomic E-state index is 11.8. The standard InChI is InChI=1S/C17H21NO2/c1-2-18(16(19)20)17-12-6-5-8-14(17)11-10-13-7-3-4-9-15(13)17/h3-7,9,14H,2,8,10-12H2,1H3,(H,19,20)/t14-,17+/m0/s1. The summed E-state index contributed by atoms with van der Waals surface area (Å²) in [5, 5.41) is 9.69. The molecule has 3 heteroatoms. The first-order valence-corrected chi connectivity index (χ1v) is 7.44. The molecule has 0 heterocycles. The fourth-order valence-electron chi connectivity index (χ4n) is 4.13. The molecule has 3 rings (SSSR count). The van der Waals surface area contributed by atoms with Crippen molar-refractivity contribution in [3.63, 3.8) is 0 Å². The van der Waals surface area contributed by atoms with Gasteiger partial charge < -0.3 is 5.11 Å². The zero-order valence-electron chi connectivity index (χ0n) is 11.9. The topological polar surface area (TPSA) is 40.5 Å². The van der Waals surface area contributed by atoms with Crippen LogP contribution in [0, 0.1) is 5.92 Å². The monoisotopic (exact) mass is 271 g/mol. The Bertz CT molecular complexity index is 552. The van der Waals surface area contributed by atoms with Crippen molar-refractivity contribution in [1.29, 1.82) is 0 Å². The molecule has 0 unspecified atom stereocenters. The van der Waals surface area contributed by atoms with Crippen LogP contribution >= 0.6 is 0 Å². The highest BCUT2D eigenvalue weighted by Gasteiger charge is 2.49. The number of nitrogens with zero attached hydrogens (tertiary/aromatic N) is 1. The molecule has 0 radical (unpaired) electrons. The van der Waals surface area contributed by atoms with Crippen molar-refractivity contribution >= 4 is 6.09 Å². The molecule has 0 aliphatic heterocycles. The van der Waals surface area contributed by atoms with E-state index in [0.717, 1.165) is 25.7 Å². The van der Waals surface area contributed by atoms with Crippen molar-refractivity contribution < 1.29 is 9.90 Å². The van der Waals surface area contributed by atoms with Gasteiger partial charge in [0.1, 0.15) is 0 Å². The maximum atomic E-state index is 11.8. The number of aryl methyl sites for hydroxylation is 1. The molecule has 0 aromatic heterocycles. The SMILES string of the molecule is CCN(C(=O)O)[C@]12CC=CC[C@H]1CCc1ccccc12. The Labute approximate surface area is 119 Å². The van der Waals surface area contributed by atoms with Gasteiger partial charge in [0.05, 0.1) is 5.54 Å². The molecule has 106 valence electrons. The van der Waals surface area contributed by atoms with Gasteiger partial charge in [0, 0.05) is 6.54 Å². The molecule has 20 heavy (non-hydrogen) atoms. The van der Waals surface area contributed by atoms with E-state index in [4.69, 9.17) is 0 Å². The molecule has 3 nitrogen and oxygen atoms in total. The molecule has 0 fully saturated rings. The number of fused-ring (bicyclic) bond motifs is 3. The lowest BCUT2D eigenvalue weighted by atomic mass is 9.63. The third-order valence-corrected chi connectivity index (χ3v) is 4.97. The minimum absolute atomic E-state index is 0.357. The van der Waals surface area contributed by atoms with Crippen LogP contribution in [-0.4, -0.2) is 22.6 Å². The Morgan fingerprint density at radius 2 is 2.20 bits per heavy atom. The van der Waals surface area contributed by atoms with Gasteiger partial charge in [0.15, 0.2) is 0 Å². The van der Waals surface area contributed by atoms with Gasteiger partial charge in [0.25, 0.3) is 0 Å². The van der Waals surface area contributed by atoms with Crippen molar-refractivity contribution in [1.82, 2.24) is 4.90 Å². The summed E-state index contributed by atoms with van der Waals surface area (Å²) < 4.78 is 0. The van der Waals surface area contributed by atoms with E-state index in [0.29, 0.717) is 12.5 Å². The van der Waals surface area contributed by atoms with Crippen LogP contribution in [0.4, 0.5) is 4.79 Å². The molecule has 1 N–H and O–H groups in total. The summed E-state index contributed by atoms with van der Waals surface area (Å²) in [7, 11) is 0. The average Bonchev–Trinajstić information content (AvgIpc) is 2.47. The van der Waals surface area contributed by atoms with Crippen LogP contribution in [-0.2, 0) is 12.0 Å². The van der Waals surface area contributed by atoms with Gasteiger partial charge in [-0.1, -0.05) is 36.4 Å². The van der Waals surface area contributed by atoms with Crippen LogP contribution in [0.15, 0.2) is 36.4 Å². The number of hydrogen-bond donors (Lipinski definition) is 1. The molecule has 1 amide bonds. The average molecular weight is 271 g/mol. The first-order valence-electron chi connectivity index (χ1n) is 7.44. The summed E-state index contributed by atoms with van der Waals surface area (Å²) in [5.41, 5.74) is 2.19. The smallest absolute Gasteiger partial charge is 0.408 e. The van der Waals surface area contributed by atoms with E-state index in [1.807, 2.05) is 13.0 Å². The van der Waals surface area contributed by atoms with Gasteiger partial charge >= 0.3 is 6.09 Å². The zero-order valence-corrected chi connectivity index (χ0v) is 11.9. The lowest BCUT2D eigenvalue weighted by molar-refractivity contribution is 0.0236. The van der Waals surface area contributed by atoms with Crippen molar-refractivity contribution in [3.05, 3.63) is 47.5 Å². The summed E-state index contributed by atoms with van der Waals surface area (Å²) in [5.74, 6) is 0.401. The number of hydrogen-bond acceptors (Lipinski definition) is 1. The molecule has 2 atom stereocenters. The fourth-order valence-corrected chi connectivity index (χ4v) is 4.13. The third-order valence-electron chi connectivity index (χ3n) is 4.97. The predicted octanol–water partition coefficient (Wildman–Crippen LogP) is 3.79. The third kappa shape index (κ3) is 1.76. The van der Waals surface area contributed by atoms with E-state index in [9.17, 15) is 9.90 Å². The normalized spacial score (nSPS) is 27.6. The summed E-state index contributed by atoms with van der Waals surface area (Å²) in [6, 6.07) is 8.38. The molecule has 0 spiro atoms. The zero-order chi connectivity index (χ0) is 14.2. The first-order chi connectivity index (χ1) is 9.70. The van der Waals surface area contributed by atoms with Gasteiger partial charge in [-0.2, -0.15) is 0 Å². The summed E-state index contributed by atoms with van der Waals surface area (Å²) in [6.07, 6.45) is 7.49. The van der Waals surface area contributed by atoms with Crippen LogP contribution in [0.1, 0.15) is 37.3 Å². The highest BCUT2D eigenvalue weighted by Crippen LogP contribution is 2.50. The molecule has 0 saturated heterocycles. The lowest BCUT2D eigenvalue weighted by Crippen LogP contribution is -2.56. The summed E-state index contributed by atoms with van der Waals surface area (Å²) in [4.78, 5) is 13.5. The highest BCUT2D eigenvalue weighted by atomic mass is 16.4. The van der Waals surface area contributed by atoms with Crippen molar-refractivity contribution in [2.75, 3.05) is 6.54 Å². The Kier molecular flexibility index (Phi) is 3.28. The summed E-state index contributed by atoms with van der Waals surface area (Å²) >= 11 is 0. The maximum Gasteiger partial charge on any atom is 0.408 e. The molecular weight excluding hydrogens is 250 g/mol. The van der Waals surface area contributed by atoms with Crippen LogP contribution < -0.4 is 0 Å². The van der Waals surface area contributed by atoms with Gasteiger partial charge in [-0.25, -0.2) is 4.79 Å². The van der Waals surface area contributed by atoms with Gasteiger partial charge in [-0.05, 0) is 49.7 Å². The van der Waals surface area contributed by atoms with Crippen LogP contribution in [0.2, 0.25) is 0 Å². The lowest BCUT2D eigenvalue weighted by Gasteiger charge is -2.52. The second-order valence-corrected chi connectivity index (χ2v) is 5.76. The van der Waals surface area contributed by atoms with Gasteiger partial charge in [-0.15, -0.1) is 0 Å². The Morgan fingerprint density at radius 1 is 1.40 bits per heavy atom. The number of rotatable bonds is 2. The molecule has 0 bridgehead atoms. The molecule has 1 aromatic carbocycles. The van der Waals surface area contributed by atoms with Crippen molar-refractivity contribution in [3.8, 4) is 0 Å². The number of amides is 1. The van der Waals surface area contributed by atoms with E-state index >= 15 is 0 Å². The predicted molar refractivity (Wildman–Crippen MR) is 78.7 cm³/mol. The Hall–Kier alpha value is -1.77. The number of allylic oxidation sites excluding steroid dienone is 1. The molecule has 1 aromatic rings. The minimum atomic E-state index is -0.801. The van der Waals surface area contributed by atoms with Crippen molar-refractivity contribution in [2.45, 2.75) is 38.1 Å². The second kappa shape index (κ2) is 4.97. The van der Waals surface area contributed by atoms with E-state index in [-0.39, 0.29) is 5.54 Å². The first kappa shape index (κ1) is 13.2. The minimum Gasteiger partial charge on any atom is -0.465 e. The Balaban J connectivity index is 2.20. The molecule has 0 saturated carbocycles. The van der Waals surface area contributed by atoms with E-state index in [1.165, 1.54) is 11.1 Å². The fraction of sp³-hybridized carbons (Fsp3) is 0.471. The van der Waals surface area contributed by atoms with E-state index in [1.54, 1.807) is 4.90 Å². The van der Waals surface area contributed by atoms with Crippen LogP contribution in [0.25, 0.3) is 0 Å². The molecular formula is C17H21NO2. The van der Waals surface area contributed by atoms with E-state index in [2.05, 4.69) is 30.4 Å². The van der Waals surface area contributed by atoms with Gasteiger partial charge in [0.2, 0.25) is 0 Å². The van der Waals surface area contributed by atoms with Gasteiger partial charge in [-0.3, -0.25) is 4.90 Å². The molecule has 2 aliphatic rings. The highest BCUT2D eigenvalue weighted by molar-refractivity contribution is 5.67. The number of carboxylic acid groups (broad SMARTS) is 1. The van der Waals surface area contributed by atoms with E-state index < -0.39 is 6.09 Å².